The Morgan fingerprint density at radius 1 is 1.09 bits per heavy atom. The topological polar surface area (TPSA) is 47.9 Å². The van der Waals surface area contributed by atoms with E-state index >= 15 is 0 Å². The van der Waals surface area contributed by atoms with Crippen LogP contribution in [0, 0.1) is 0 Å². The van der Waals surface area contributed by atoms with Gasteiger partial charge in [-0.1, -0.05) is 24.2 Å². The average Bonchev–Trinajstić information content (AvgIpc) is 2.62. The summed E-state index contributed by atoms with van der Waals surface area (Å²) in [5.41, 5.74) is -0.446. The second-order valence-corrected chi connectivity index (χ2v) is 7.65. The van der Waals surface area contributed by atoms with Crippen LogP contribution in [0.4, 0.5) is 0 Å². The monoisotopic (exact) mass is 318 g/mol. The van der Waals surface area contributed by atoms with E-state index < -0.39 is 5.60 Å². The van der Waals surface area contributed by atoms with E-state index in [1.807, 2.05) is 64.0 Å². The van der Waals surface area contributed by atoms with Crippen molar-refractivity contribution >= 4 is 13.2 Å². The number of hydrogen-bond acceptors (Lipinski definition) is 4. The molecular weight excluding hydrogens is 291 g/mol. The third kappa shape index (κ3) is 4.84. The molecule has 0 saturated carbocycles. The zero-order valence-electron chi connectivity index (χ0n) is 14.9. The van der Waals surface area contributed by atoms with E-state index in [0.717, 1.165) is 11.3 Å². The fraction of sp³-hybridized carbons (Fsp3) is 0.556. The van der Waals surface area contributed by atoms with E-state index in [9.17, 15) is 5.11 Å². The molecular formula is C18H27BO4. The molecule has 0 unspecified atom stereocenters. The number of hydrogen-bond donors (Lipinski definition) is 1. The predicted octanol–water partition coefficient (Wildman–Crippen LogP) is 3.48. The highest BCUT2D eigenvalue weighted by Gasteiger charge is 2.49. The molecule has 5 heteroatoms. The molecule has 1 aliphatic heterocycles. The number of benzene rings is 1. The van der Waals surface area contributed by atoms with Crippen molar-refractivity contribution in [3.8, 4) is 5.75 Å². The van der Waals surface area contributed by atoms with Gasteiger partial charge >= 0.3 is 7.12 Å². The number of ether oxygens (including phenoxy) is 1. The molecule has 1 aromatic carbocycles. The average molecular weight is 318 g/mol. The van der Waals surface area contributed by atoms with Gasteiger partial charge < -0.3 is 19.2 Å². The highest BCUT2D eigenvalue weighted by atomic mass is 16.7. The molecule has 126 valence electrons. The Hall–Kier alpha value is -1.30. The van der Waals surface area contributed by atoms with Gasteiger partial charge in [0.2, 0.25) is 0 Å². The quantitative estimate of drug-likeness (QED) is 0.845. The van der Waals surface area contributed by atoms with E-state index in [1.54, 1.807) is 13.8 Å². The first-order valence-electron chi connectivity index (χ1n) is 7.98. The molecule has 1 saturated heterocycles. The Morgan fingerprint density at radius 2 is 1.61 bits per heavy atom. The van der Waals surface area contributed by atoms with Crippen molar-refractivity contribution in [2.75, 3.05) is 6.61 Å². The highest BCUT2D eigenvalue weighted by molar-refractivity contribution is 6.52. The van der Waals surface area contributed by atoms with Crippen LogP contribution in [0.5, 0.6) is 5.75 Å². The van der Waals surface area contributed by atoms with E-state index in [0.29, 0.717) is 0 Å². The van der Waals surface area contributed by atoms with Gasteiger partial charge in [-0.25, -0.2) is 0 Å². The molecule has 2 rings (SSSR count). The van der Waals surface area contributed by atoms with Gasteiger partial charge in [0.25, 0.3) is 0 Å². The smallest absolute Gasteiger partial charge is 0.487 e. The minimum atomic E-state index is -0.838. The Balaban J connectivity index is 1.94. The summed E-state index contributed by atoms with van der Waals surface area (Å²) in [5.74, 6) is 2.66. The molecule has 0 aromatic heterocycles. The van der Waals surface area contributed by atoms with Crippen LogP contribution in [0.15, 0.2) is 30.2 Å². The first-order chi connectivity index (χ1) is 10.5. The third-order valence-corrected chi connectivity index (χ3v) is 4.19. The molecule has 1 N–H and O–H groups in total. The van der Waals surface area contributed by atoms with Gasteiger partial charge in [-0.2, -0.15) is 0 Å². The van der Waals surface area contributed by atoms with Gasteiger partial charge in [0, 0.05) is 0 Å². The first kappa shape index (κ1) is 18.0. The van der Waals surface area contributed by atoms with Crippen LogP contribution in [0.1, 0.15) is 47.1 Å². The van der Waals surface area contributed by atoms with Crippen molar-refractivity contribution in [2.24, 2.45) is 0 Å². The van der Waals surface area contributed by atoms with Crippen LogP contribution >= 0.6 is 0 Å². The van der Waals surface area contributed by atoms with Crippen LogP contribution in [0.25, 0.3) is 6.08 Å². The molecule has 0 radical (unpaired) electrons. The van der Waals surface area contributed by atoms with Crippen LogP contribution < -0.4 is 4.74 Å². The van der Waals surface area contributed by atoms with E-state index in [4.69, 9.17) is 14.0 Å². The number of aliphatic hydroxyl groups is 1. The maximum atomic E-state index is 9.66. The summed E-state index contributed by atoms with van der Waals surface area (Å²) in [7, 11) is -0.342. The predicted molar refractivity (Wildman–Crippen MR) is 93.4 cm³/mol. The molecule has 0 atom stereocenters. The maximum absolute atomic E-state index is 9.66. The van der Waals surface area contributed by atoms with E-state index in [-0.39, 0.29) is 24.9 Å². The van der Waals surface area contributed by atoms with Crippen LogP contribution in [0.3, 0.4) is 0 Å². The molecule has 0 amide bonds. The van der Waals surface area contributed by atoms with Gasteiger partial charge in [-0.05, 0) is 59.2 Å². The van der Waals surface area contributed by atoms with Crippen molar-refractivity contribution < 1.29 is 19.2 Å². The van der Waals surface area contributed by atoms with Crippen molar-refractivity contribution in [2.45, 2.75) is 58.3 Å². The number of rotatable bonds is 5. The van der Waals surface area contributed by atoms with E-state index in [2.05, 4.69) is 0 Å². The minimum absolute atomic E-state index is 0.260. The summed E-state index contributed by atoms with van der Waals surface area (Å²) in [6.45, 7) is 11.8. The van der Waals surface area contributed by atoms with Gasteiger partial charge in [0.15, 0.2) is 0 Å². The zero-order chi connectivity index (χ0) is 17.3. The zero-order valence-corrected chi connectivity index (χ0v) is 14.9. The van der Waals surface area contributed by atoms with Gasteiger partial charge in [0.1, 0.15) is 12.4 Å². The van der Waals surface area contributed by atoms with Crippen molar-refractivity contribution in [1.82, 2.24) is 0 Å². The largest absolute Gasteiger partial charge is 0.491 e. The van der Waals surface area contributed by atoms with Gasteiger partial charge in [0.05, 0.1) is 16.8 Å². The summed E-state index contributed by atoms with van der Waals surface area (Å²) >= 11 is 0. The van der Waals surface area contributed by atoms with Gasteiger partial charge in [-0.15, -0.1) is 0 Å². The molecule has 4 nitrogen and oxygen atoms in total. The summed E-state index contributed by atoms with van der Waals surface area (Å²) in [4.78, 5) is 0. The molecule has 1 aliphatic rings. The maximum Gasteiger partial charge on any atom is 0.487 e. The fourth-order valence-corrected chi connectivity index (χ4v) is 2.09. The molecule has 1 aromatic rings. The van der Waals surface area contributed by atoms with Crippen molar-refractivity contribution in [3.63, 3.8) is 0 Å². The molecule has 1 heterocycles. The van der Waals surface area contributed by atoms with Crippen LogP contribution in [0.2, 0.25) is 0 Å². The second-order valence-electron chi connectivity index (χ2n) is 7.65. The molecule has 23 heavy (non-hydrogen) atoms. The molecule has 0 spiro atoms. The molecule has 0 aliphatic carbocycles. The Labute approximate surface area is 139 Å². The Bertz CT molecular complexity index is 539. The lowest BCUT2D eigenvalue weighted by molar-refractivity contribution is 0.00578. The molecule has 1 fully saturated rings. The van der Waals surface area contributed by atoms with Crippen molar-refractivity contribution in [3.05, 3.63) is 35.8 Å². The van der Waals surface area contributed by atoms with Crippen LogP contribution in [-0.4, -0.2) is 35.6 Å². The SMILES string of the molecule is CC(C)(O)COc1ccc(/C=C/B2OC(C)(C)C(C)(C)O2)cc1. The summed E-state index contributed by atoms with van der Waals surface area (Å²) in [6.07, 6.45) is 1.97. The lowest BCUT2D eigenvalue weighted by Crippen LogP contribution is -2.41. The standard InChI is InChI=1S/C18H27BO4/c1-16(2,20)13-21-15-9-7-14(8-10-15)11-12-19-22-17(3,4)18(5,6)23-19/h7-12,20H,13H2,1-6H3/b12-11+. The lowest BCUT2D eigenvalue weighted by atomic mass is 9.89. The fourth-order valence-electron chi connectivity index (χ4n) is 2.09. The normalized spacial score (nSPS) is 20.2. The summed E-state index contributed by atoms with van der Waals surface area (Å²) < 4.78 is 17.4. The summed E-state index contributed by atoms with van der Waals surface area (Å²) in [5, 5.41) is 9.66. The van der Waals surface area contributed by atoms with Gasteiger partial charge in [-0.3, -0.25) is 0 Å². The first-order valence-corrected chi connectivity index (χ1v) is 7.98. The Kier molecular flexibility index (Phi) is 4.95. The highest BCUT2D eigenvalue weighted by Crippen LogP contribution is 2.37. The summed E-state index contributed by atoms with van der Waals surface area (Å²) in [6, 6.07) is 7.69. The van der Waals surface area contributed by atoms with E-state index in [1.165, 1.54) is 0 Å². The Morgan fingerprint density at radius 3 is 2.09 bits per heavy atom. The lowest BCUT2D eigenvalue weighted by Gasteiger charge is -2.32. The third-order valence-electron chi connectivity index (χ3n) is 4.19. The van der Waals surface area contributed by atoms with Crippen LogP contribution in [-0.2, 0) is 9.31 Å². The molecule has 0 bridgehead atoms. The second kappa shape index (κ2) is 6.31. The minimum Gasteiger partial charge on any atom is -0.491 e. The van der Waals surface area contributed by atoms with Crippen molar-refractivity contribution in [1.29, 1.82) is 0 Å².